The second-order valence-electron chi connectivity index (χ2n) is 4.05. The summed E-state index contributed by atoms with van der Waals surface area (Å²) in [4.78, 5) is 16.1. The van der Waals surface area contributed by atoms with Crippen molar-refractivity contribution in [2.75, 3.05) is 5.32 Å². The van der Waals surface area contributed by atoms with Crippen molar-refractivity contribution in [3.8, 4) is 0 Å². The molecule has 0 radical (unpaired) electrons. The van der Waals surface area contributed by atoms with Gasteiger partial charge in [-0.1, -0.05) is 17.7 Å². The first kappa shape index (κ1) is 12.6. The molecular formula is C12H13ClN4O. The van der Waals surface area contributed by atoms with Crippen molar-refractivity contribution in [1.29, 1.82) is 0 Å². The number of carbonyl (C=O) groups excluding carboxylic acids is 1. The summed E-state index contributed by atoms with van der Waals surface area (Å²) >= 11 is 6.04. The Kier molecular flexibility index (Phi) is 3.34. The van der Waals surface area contributed by atoms with Gasteiger partial charge in [-0.15, -0.1) is 0 Å². The van der Waals surface area contributed by atoms with Crippen molar-refractivity contribution in [3.63, 3.8) is 0 Å². The van der Waals surface area contributed by atoms with Gasteiger partial charge in [-0.2, -0.15) is 5.10 Å². The van der Waals surface area contributed by atoms with E-state index in [1.165, 1.54) is 0 Å². The van der Waals surface area contributed by atoms with Gasteiger partial charge in [0.25, 0.3) is 5.91 Å². The van der Waals surface area contributed by atoms with Crippen LogP contribution in [0.25, 0.3) is 0 Å². The number of amides is 1. The molecule has 2 aromatic rings. The fourth-order valence-corrected chi connectivity index (χ4v) is 1.69. The number of rotatable bonds is 2. The molecular weight excluding hydrogens is 252 g/mol. The number of anilines is 1. The van der Waals surface area contributed by atoms with Gasteiger partial charge in [0.15, 0.2) is 5.69 Å². The lowest BCUT2D eigenvalue weighted by Gasteiger charge is -2.02. The number of aromatic nitrogens is 3. The van der Waals surface area contributed by atoms with E-state index in [0.717, 1.165) is 11.3 Å². The summed E-state index contributed by atoms with van der Waals surface area (Å²) in [6, 6.07) is 3.60. The summed E-state index contributed by atoms with van der Waals surface area (Å²) in [6.45, 7) is 3.73. The minimum absolute atomic E-state index is 0.207. The molecule has 1 N–H and O–H groups in total. The molecule has 0 saturated carbocycles. The van der Waals surface area contributed by atoms with Crippen LogP contribution in [0.4, 0.5) is 5.82 Å². The summed E-state index contributed by atoms with van der Waals surface area (Å²) in [6.07, 6.45) is 1.68. The number of nitrogens with one attached hydrogen (secondary N) is 1. The van der Waals surface area contributed by atoms with Crippen molar-refractivity contribution >= 4 is 23.3 Å². The van der Waals surface area contributed by atoms with Gasteiger partial charge in [0.2, 0.25) is 0 Å². The van der Waals surface area contributed by atoms with E-state index in [2.05, 4.69) is 15.4 Å². The lowest BCUT2D eigenvalue weighted by molar-refractivity contribution is 0.102. The van der Waals surface area contributed by atoms with E-state index in [4.69, 9.17) is 11.6 Å². The molecule has 0 fully saturated rings. The Hall–Kier alpha value is -1.88. The summed E-state index contributed by atoms with van der Waals surface area (Å²) in [5.41, 5.74) is 1.98. The molecule has 0 bridgehead atoms. The van der Waals surface area contributed by atoms with Crippen molar-refractivity contribution in [1.82, 2.24) is 14.8 Å². The van der Waals surface area contributed by atoms with Crippen LogP contribution in [0.5, 0.6) is 0 Å². The molecule has 2 heterocycles. The lowest BCUT2D eigenvalue weighted by atomic mass is 10.3. The molecule has 94 valence electrons. The standard InChI is InChI=1S/C12H13ClN4O/c1-7-4-5-9(14-6-7)15-12(18)11-10(13)8(2)17(3)16-11/h4-6H,1-3H3,(H,14,15,18). The molecule has 18 heavy (non-hydrogen) atoms. The van der Waals surface area contributed by atoms with Gasteiger partial charge in [-0.05, 0) is 25.5 Å². The first-order valence-electron chi connectivity index (χ1n) is 5.42. The third-order valence-electron chi connectivity index (χ3n) is 2.63. The van der Waals surface area contributed by atoms with E-state index >= 15 is 0 Å². The fraction of sp³-hybridized carbons (Fsp3) is 0.250. The Bertz CT molecular complexity index is 589. The van der Waals surface area contributed by atoms with Crippen LogP contribution in [0.2, 0.25) is 5.02 Å². The maximum absolute atomic E-state index is 12.0. The molecule has 2 rings (SSSR count). The number of halogens is 1. The summed E-state index contributed by atoms with van der Waals surface area (Å²) in [5, 5.41) is 7.09. The van der Waals surface area contributed by atoms with Crippen LogP contribution >= 0.6 is 11.6 Å². The van der Waals surface area contributed by atoms with Gasteiger partial charge in [-0.3, -0.25) is 9.48 Å². The largest absolute Gasteiger partial charge is 0.305 e. The zero-order valence-corrected chi connectivity index (χ0v) is 11.1. The van der Waals surface area contributed by atoms with Gasteiger partial charge in [0, 0.05) is 13.2 Å². The molecule has 0 unspecified atom stereocenters. The maximum atomic E-state index is 12.0. The molecule has 0 aromatic carbocycles. The molecule has 0 spiro atoms. The Labute approximate surface area is 110 Å². The van der Waals surface area contributed by atoms with E-state index < -0.39 is 0 Å². The zero-order valence-electron chi connectivity index (χ0n) is 10.4. The normalized spacial score (nSPS) is 10.4. The van der Waals surface area contributed by atoms with Crippen LogP contribution in [0.3, 0.4) is 0 Å². The lowest BCUT2D eigenvalue weighted by Crippen LogP contribution is -2.14. The number of carbonyl (C=O) groups is 1. The van der Waals surface area contributed by atoms with Crippen LogP contribution in [0, 0.1) is 13.8 Å². The first-order valence-corrected chi connectivity index (χ1v) is 5.80. The molecule has 0 aliphatic rings. The quantitative estimate of drug-likeness (QED) is 0.906. The van der Waals surface area contributed by atoms with Gasteiger partial charge in [0.1, 0.15) is 5.82 Å². The second-order valence-corrected chi connectivity index (χ2v) is 4.42. The molecule has 6 heteroatoms. The highest BCUT2D eigenvalue weighted by Gasteiger charge is 2.18. The molecule has 0 aliphatic heterocycles. The van der Waals surface area contributed by atoms with Gasteiger partial charge in [-0.25, -0.2) is 4.98 Å². The Morgan fingerprint density at radius 3 is 2.61 bits per heavy atom. The maximum Gasteiger partial charge on any atom is 0.278 e. The molecule has 1 amide bonds. The van der Waals surface area contributed by atoms with Crippen molar-refractivity contribution < 1.29 is 4.79 Å². The Morgan fingerprint density at radius 1 is 1.39 bits per heavy atom. The number of aryl methyl sites for hydroxylation is 2. The molecule has 0 aliphatic carbocycles. The fourth-order valence-electron chi connectivity index (χ4n) is 1.44. The van der Waals surface area contributed by atoms with Gasteiger partial charge in [0.05, 0.1) is 10.7 Å². The highest BCUT2D eigenvalue weighted by molar-refractivity contribution is 6.34. The van der Waals surface area contributed by atoms with E-state index in [0.29, 0.717) is 10.8 Å². The third-order valence-corrected chi connectivity index (χ3v) is 3.08. The average molecular weight is 265 g/mol. The first-order chi connectivity index (χ1) is 8.49. The van der Waals surface area contributed by atoms with Crippen LogP contribution in [-0.4, -0.2) is 20.7 Å². The van der Waals surface area contributed by atoms with Crippen LogP contribution in [0.15, 0.2) is 18.3 Å². The van der Waals surface area contributed by atoms with Crippen LogP contribution < -0.4 is 5.32 Å². The van der Waals surface area contributed by atoms with Crippen molar-refractivity contribution in [2.45, 2.75) is 13.8 Å². The topological polar surface area (TPSA) is 59.8 Å². The molecule has 0 atom stereocenters. The smallest absolute Gasteiger partial charge is 0.278 e. The van der Waals surface area contributed by atoms with E-state index in [9.17, 15) is 4.79 Å². The number of hydrogen-bond donors (Lipinski definition) is 1. The molecule has 2 aromatic heterocycles. The third kappa shape index (κ3) is 2.36. The Balaban J connectivity index is 2.22. The predicted octanol–water partition coefficient (Wildman–Crippen LogP) is 2.34. The van der Waals surface area contributed by atoms with E-state index in [1.54, 1.807) is 30.9 Å². The second kappa shape index (κ2) is 4.78. The molecule has 5 nitrogen and oxygen atoms in total. The van der Waals surface area contributed by atoms with Gasteiger partial charge < -0.3 is 5.32 Å². The van der Waals surface area contributed by atoms with Crippen LogP contribution in [0.1, 0.15) is 21.7 Å². The minimum Gasteiger partial charge on any atom is -0.305 e. The number of pyridine rings is 1. The molecule has 0 saturated heterocycles. The van der Waals surface area contributed by atoms with E-state index in [-0.39, 0.29) is 11.6 Å². The summed E-state index contributed by atoms with van der Waals surface area (Å²) in [7, 11) is 1.74. The summed E-state index contributed by atoms with van der Waals surface area (Å²) < 4.78 is 1.57. The Morgan fingerprint density at radius 2 is 2.11 bits per heavy atom. The minimum atomic E-state index is -0.361. The SMILES string of the molecule is Cc1ccc(NC(=O)c2nn(C)c(C)c2Cl)nc1. The van der Waals surface area contributed by atoms with Crippen LogP contribution in [-0.2, 0) is 7.05 Å². The number of hydrogen-bond acceptors (Lipinski definition) is 3. The zero-order chi connectivity index (χ0) is 13.3. The van der Waals surface area contributed by atoms with Crippen molar-refractivity contribution in [2.24, 2.45) is 7.05 Å². The highest BCUT2D eigenvalue weighted by Crippen LogP contribution is 2.20. The predicted molar refractivity (Wildman–Crippen MR) is 69.9 cm³/mol. The average Bonchev–Trinajstić information content (AvgIpc) is 2.60. The summed E-state index contributed by atoms with van der Waals surface area (Å²) in [5.74, 6) is 0.116. The van der Waals surface area contributed by atoms with Gasteiger partial charge >= 0.3 is 0 Å². The van der Waals surface area contributed by atoms with Crippen molar-refractivity contribution in [3.05, 3.63) is 40.3 Å². The van der Waals surface area contributed by atoms with E-state index in [1.807, 2.05) is 13.0 Å². The highest BCUT2D eigenvalue weighted by atomic mass is 35.5. The number of nitrogens with zero attached hydrogens (tertiary/aromatic N) is 3. The monoisotopic (exact) mass is 264 g/mol.